The molecule has 0 unspecified atom stereocenters. The molecule has 9 heteroatoms. The van der Waals surface area contributed by atoms with Gasteiger partial charge in [0.1, 0.15) is 24.0 Å². The number of nitriles is 1. The highest BCUT2D eigenvalue weighted by atomic mass is 19.1. The third-order valence-corrected chi connectivity index (χ3v) is 3.17. The van der Waals surface area contributed by atoms with Gasteiger partial charge in [-0.15, -0.1) is 0 Å². The van der Waals surface area contributed by atoms with Crippen molar-refractivity contribution in [3.05, 3.63) is 67.9 Å². The summed E-state index contributed by atoms with van der Waals surface area (Å²) in [5, 5.41) is 22.0. The molecule has 0 aliphatic carbocycles. The maximum Gasteiger partial charge on any atom is 0.287 e. The van der Waals surface area contributed by atoms with Crippen LogP contribution in [0.4, 0.5) is 15.8 Å². The molecule has 0 spiro atoms. The largest absolute Gasteiger partial charge is 0.324 e. The van der Waals surface area contributed by atoms with E-state index in [-0.39, 0.29) is 5.69 Å². The molecular formula is C15H11FN4O4. The first kappa shape index (κ1) is 16.8. The average Bonchev–Trinajstić information content (AvgIpc) is 2.52. The smallest absolute Gasteiger partial charge is 0.287 e. The van der Waals surface area contributed by atoms with Gasteiger partial charge < -0.3 is 5.32 Å². The maximum atomic E-state index is 13.4. The van der Waals surface area contributed by atoms with Crippen molar-refractivity contribution in [3.63, 3.8) is 0 Å². The third kappa shape index (κ3) is 3.61. The highest BCUT2D eigenvalue weighted by Crippen LogP contribution is 2.14. The molecular weight excluding hydrogens is 319 g/mol. The predicted molar refractivity (Wildman–Crippen MR) is 81.8 cm³/mol. The molecule has 0 saturated carbocycles. The van der Waals surface area contributed by atoms with Gasteiger partial charge in [0.05, 0.1) is 11.1 Å². The van der Waals surface area contributed by atoms with Gasteiger partial charge in [-0.3, -0.25) is 24.3 Å². The van der Waals surface area contributed by atoms with Crippen LogP contribution in [-0.2, 0) is 11.3 Å². The van der Waals surface area contributed by atoms with E-state index in [1.54, 1.807) is 13.0 Å². The molecule has 0 radical (unpaired) electrons. The summed E-state index contributed by atoms with van der Waals surface area (Å²) in [6.07, 6.45) is 0.873. The van der Waals surface area contributed by atoms with E-state index in [1.165, 1.54) is 12.1 Å². The molecule has 0 fully saturated rings. The van der Waals surface area contributed by atoms with Crippen molar-refractivity contribution in [2.75, 3.05) is 5.32 Å². The average molecular weight is 330 g/mol. The van der Waals surface area contributed by atoms with Gasteiger partial charge in [0.2, 0.25) is 5.91 Å². The summed E-state index contributed by atoms with van der Waals surface area (Å²) in [5.74, 6) is -1.20. The highest BCUT2D eigenvalue weighted by molar-refractivity contribution is 5.90. The Morgan fingerprint density at radius 1 is 1.46 bits per heavy atom. The molecule has 0 bridgehead atoms. The maximum absolute atomic E-state index is 13.4. The molecule has 1 amide bonds. The number of hydrogen-bond acceptors (Lipinski definition) is 5. The number of benzene rings is 1. The van der Waals surface area contributed by atoms with Gasteiger partial charge in [0.15, 0.2) is 0 Å². The second-order valence-electron chi connectivity index (χ2n) is 4.93. The minimum atomic E-state index is -0.826. The van der Waals surface area contributed by atoms with Crippen molar-refractivity contribution < 1.29 is 14.1 Å². The van der Waals surface area contributed by atoms with Crippen molar-refractivity contribution in [1.82, 2.24) is 4.57 Å². The van der Waals surface area contributed by atoms with E-state index in [9.17, 15) is 24.1 Å². The fourth-order valence-electron chi connectivity index (χ4n) is 1.94. The Morgan fingerprint density at radius 2 is 2.17 bits per heavy atom. The summed E-state index contributed by atoms with van der Waals surface area (Å²) in [4.78, 5) is 33.9. The van der Waals surface area contributed by atoms with E-state index in [0.717, 1.165) is 22.9 Å². The Kier molecular flexibility index (Phi) is 4.70. The lowest BCUT2D eigenvalue weighted by molar-refractivity contribution is -0.385. The number of anilines is 1. The van der Waals surface area contributed by atoms with E-state index in [2.05, 4.69) is 5.32 Å². The van der Waals surface area contributed by atoms with Crippen LogP contribution in [0.1, 0.15) is 11.1 Å². The van der Waals surface area contributed by atoms with Gasteiger partial charge >= 0.3 is 0 Å². The minimum Gasteiger partial charge on any atom is -0.324 e. The van der Waals surface area contributed by atoms with Crippen LogP contribution in [0.25, 0.3) is 0 Å². The molecule has 24 heavy (non-hydrogen) atoms. The molecule has 0 atom stereocenters. The summed E-state index contributed by atoms with van der Waals surface area (Å²) < 4.78 is 14.2. The first-order chi connectivity index (χ1) is 11.3. The van der Waals surface area contributed by atoms with Crippen LogP contribution in [0.5, 0.6) is 0 Å². The van der Waals surface area contributed by atoms with Crippen LogP contribution >= 0.6 is 0 Å². The number of rotatable bonds is 4. The standard InChI is InChI=1S/C15H11FN4O4/c1-9-2-3-11(5-13(9)16)18-14(21)8-19-7-12(20(23)24)4-10(6-17)15(19)22/h2-5,7H,8H2,1H3,(H,18,21). The summed E-state index contributed by atoms with van der Waals surface area (Å²) >= 11 is 0. The molecule has 2 aromatic rings. The molecule has 1 N–H and O–H groups in total. The number of pyridine rings is 1. The van der Waals surface area contributed by atoms with Gasteiger partial charge in [-0.25, -0.2) is 4.39 Å². The monoisotopic (exact) mass is 330 g/mol. The van der Waals surface area contributed by atoms with Crippen molar-refractivity contribution in [2.24, 2.45) is 0 Å². The Balaban J connectivity index is 2.27. The Labute approximate surface area is 134 Å². The van der Waals surface area contributed by atoms with Crippen LogP contribution in [-0.4, -0.2) is 15.4 Å². The van der Waals surface area contributed by atoms with Crippen molar-refractivity contribution in [1.29, 1.82) is 5.26 Å². The molecule has 0 aliphatic heterocycles. The van der Waals surface area contributed by atoms with Crippen LogP contribution < -0.4 is 10.9 Å². The molecule has 1 aromatic carbocycles. The number of nitrogens with one attached hydrogen (secondary N) is 1. The van der Waals surface area contributed by atoms with Gasteiger partial charge in [-0.05, 0) is 24.6 Å². The molecule has 1 heterocycles. The molecule has 1 aromatic heterocycles. The molecule has 0 saturated heterocycles. The molecule has 0 aliphatic rings. The lowest BCUT2D eigenvalue weighted by Gasteiger charge is -2.08. The Bertz CT molecular complexity index is 930. The fraction of sp³-hybridized carbons (Fsp3) is 0.133. The Morgan fingerprint density at radius 3 is 2.75 bits per heavy atom. The normalized spacial score (nSPS) is 10.0. The zero-order valence-electron chi connectivity index (χ0n) is 12.4. The van der Waals surface area contributed by atoms with E-state index < -0.39 is 40.0 Å². The number of carbonyl (C=O) groups is 1. The topological polar surface area (TPSA) is 118 Å². The summed E-state index contributed by atoms with van der Waals surface area (Å²) in [7, 11) is 0. The number of nitrogens with zero attached hydrogens (tertiary/aromatic N) is 3. The number of amides is 1. The lowest BCUT2D eigenvalue weighted by atomic mass is 10.2. The summed E-state index contributed by atoms with van der Waals surface area (Å²) in [6.45, 7) is 1.01. The van der Waals surface area contributed by atoms with Crippen molar-refractivity contribution >= 4 is 17.3 Å². The van der Waals surface area contributed by atoms with E-state index >= 15 is 0 Å². The van der Waals surface area contributed by atoms with Gasteiger partial charge in [0, 0.05) is 11.8 Å². The lowest BCUT2D eigenvalue weighted by Crippen LogP contribution is -2.29. The third-order valence-electron chi connectivity index (χ3n) is 3.17. The molecule has 122 valence electrons. The van der Waals surface area contributed by atoms with E-state index in [1.807, 2.05) is 0 Å². The number of hydrogen-bond donors (Lipinski definition) is 1. The van der Waals surface area contributed by atoms with Crippen LogP contribution in [0, 0.1) is 34.2 Å². The Hall–Kier alpha value is -3.54. The zero-order chi connectivity index (χ0) is 17.9. The number of halogens is 1. The van der Waals surface area contributed by atoms with Crippen LogP contribution in [0.3, 0.4) is 0 Å². The van der Waals surface area contributed by atoms with Gasteiger partial charge in [-0.2, -0.15) is 5.26 Å². The van der Waals surface area contributed by atoms with Crippen molar-refractivity contribution in [2.45, 2.75) is 13.5 Å². The van der Waals surface area contributed by atoms with Crippen molar-refractivity contribution in [3.8, 4) is 6.07 Å². The van der Waals surface area contributed by atoms with Gasteiger partial charge in [0.25, 0.3) is 11.2 Å². The molecule has 2 rings (SSSR count). The highest BCUT2D eigenvalue weighted by Gasteiger charge is 2.15. The predicted octanol–water partition coefficient (Wildman–Crippen LogP) is 1.71. The van der Waals surface area contributed by atoms with Crippen LogP contribution in [0.15, 0.2) is 35.3 Å². The minimum absolute atomic E-state index is 0.182. The number of carbonyl (C=O) groups excluding carboxylic acids is 1. The number of nitro groups is 1. The zero-order valence-corrected chi connectivity index (χ0v) is 12.4. The first-order valence-corrected chi connectivity index (χ1v) is 6.67. The second-order valence-corrected chi connectivity index (χ2v) is 4.93. The van der Waals surface area contributed by atoms with Crippen LogP contribution in [0.2, 0.25) is 0 Å². The molecule has 8 nitrogen and oxygen atoms in total. The fourth-order valence-corrected chi connectivity index (χ4v) is 1.94. The van der Waals surface area contributed by atoms with Gasteiger partial charge in [-0.1, -0.05) is 6.07 Å². The van der Waals surface area contributed by atoms with E-state index in [0.29, 0.717) is 5.56 Å². The number of aromatic nitrogens is 1. The quantitative estimate of drug-likeness (QED) is 0.676. The number of aryl methyl sites for hydroxylation is 1. The SMILES string of the molecule is Cc1ccc(NC(=O)Cn2cc([N+](=O)[O-])cc(C#N)c2=O)cc1F. The summed E-state index contributed by atoms with van der Waals surface area (Å²) in [6, 6.07) is 6.45. The van der Waals surface area contributed by atoms with E-state index in [4.69, 9.17) is 5.26 Å². The second kappa shape index (κ2) is 6.70. The summed E-state index contributed by atoms with van der Waals surface area (Å²) in [5.41, 5.74) is -1.17. The first-order valence-electron chi connectivity index (χ1n) is 6.67.